The summed E-state index contributed by atoms with van der Waals surface area (Å²) in [6.45, 7) is 2.20. The molecule has 2 aromatic heterocycles. The maximum absolute atomic E-state index is 12.7. The molecule has 32 heavy (non-hydrogen) atoms. The molecule has 3 aromatic carbocycles. The number of anilines is 1. The van der Waals surface area contributed by atoms with Gasteiger partial charge in [0.25, 0.3) is 5.69 Å². The van der Waals surface area contributed by atoms with Gasteiger partial charge in [0.05, 0.1) is 27.2 Å². The Morgan fingerprint density at radius 3 is 2.53 bits per heavy atom. The van der Waals surface area contributed by atoms with Crippen LogP contribution in [0.2, 0.25) is 0 Å². The molecule has 8 heteroatoms. The highest BCUT2D eigenvalue weighted by molar-refractivity contribution is 6.06. The average Bonchev–Trinajstić information content (AvgIpc) is 3.10. The average molecular weight is 425 g/mol. The van der Waals surface area contributed by atoms with E-state index in [0.717, 1.165) is 38.7 Å². The van der Waals surface area contributed by atoms with E-state index in [-0.39, 0.29) is 18.0 Å². The van der Waals surface area contributed by atoms with Crippen LogP contribution in [0.5, 0.6) is 0 Å². The van der Waals surface area contributed by atoms with Gasteiger partial charge in [0, 0.05) is 30.5 Å². The summed E-state index contributed by atoms with van der Waals surface area (Å²) in [6.07, 6.45) is 0.185. The van der Waals surface area contributed by atoms with Crippen LogP contribution >= 0.6 is 0 Å². The van der Waals surface area contributed by atoms with Gasteiger partial charge in [-0.25, -0.2) is 9.97 Å². The molecular formula is C24H19N5O3. The van der Waals surface area contributed by atoms with Crippen molar-refractivity contribution in [3.05, 3.63) is 82.4 Å². The Labute approximate surface area is 182 Å². The second-order valence-corrected chi connectivity index (χ2v) is 7.61. The summed E-state index contributed by atoms with van der Waals surface area (Å²) in [4.78, 5) is 32.9. The lowest BCUT2D eigenvalue weighted by Gasteiger charge is -2.10. The molecule has 8 nitrogen and oxygen atoms in total. The summed E-state index contributed by atoms with van der Waals surface area (Å²) >= 11 is 0. The summed E-state index contributed by atoms with van der Waals surface area (Å²) in [7, 11) is 0. The van der Waals surface area contributed by atoms with Crippen molar-refractivity contribution in [2.24, 2.45) is 0 Å². The van der Waals surface area contributed by atoms with Gasteiger partial charge in [0.2, 0.25) is 5.91 Å². The van der Waals surface area contributed by atoms with E-state index in [9.17, 15) is 14.9 Å². The third kappa shape index (κ3) is 3.41. The van der Waals surface area contributed by atoms with E-state index >= 15 is 0 Å². The fourth-order valence-corrected chi connectivity index (χ4v) is 3.89. The van der Waals surface area contributed by atoms with Crippen LogP contribution in [0.3, 0.4) is 0 Å². The first-order chi connectivity index (χ1) is 15.5. The molecule has 158 valence electrons. The summed E-state index contributed by atoms with van der Waals surface area (Å²) in [5.74, 6) is -0.228. The molecule has 0 radical (unpaired) electrons. The van der Waals surface area contributed by atoms with E-state index in [1.54, 1.807) is 13.0 Å². The van der Waals surface area contributed by atoms with Gasteiger partial charge in [-0.3, -0.25) is 14.9 Å². The first kappa shape index (κ1) is 19.6. The smallest absolute Gasteiger partial charge is 0.271 e. The van der Waals surface area contributed by atoms with Crippen LogP contribution in [0.4, 0.5) is 11.4 Å². The topological polar surface area (TPSA) is 103 Å². The third-order valence-electron chi connectivity index (χ3n) is 5.53. The standard InChI is InChI=1S/C24H19N5O3/c1-15-10-11-16(29(31)32)14-20(15)25-22(30)12-13-28-21-9-5-2-6-17(21)23-24(28)27-19-8-4-3-7-18(19)26-23/h2-11,14H,12-13H2,1H3,(H,25,30). The minimum Gasteiger partial charge on any atom is -0.326 e. The number of carbonyl (C=O) groups excluding carboxylic acids is 1. The molecule has 0 bridgehead atoms. The van der Waals surface area contributed by atoms with Gasteiger partial charge in [-0.15, -0.1) is 0 Å². The number of nitrogens with one attached hydrogen (secondary N) is 1. The molecule has 0 spiro atoms. The summed E-state index contributed by atoms with van der Waals surface area (Å²) < 4.78 is 2.00. The Balaban J connectivity index is 1.47. The highest BCUT2D eigenvalue weighted by atomic mass is 16.6. The SMILES string of the molecule is Cc1ccc([N+](=O)[O-])cc1NC(=O)CCn1c2ccccc2c2nc3ccccc3nc21. The van der Waals surface area contributed by atoms with Crippen molar-refractivity contribution in [3.63, 3.8) is 0 Å². The predicted octanol–water partition coefficient (Wildman–Crippen LogP) is 4.98. The van der Waals surface area contributed by atoms with Gasteiger partial charge in [-0.1, -0.05) is 36.4 Å². The first-order valence-electron chi connectivity index (χ1n) is 10.2. The Hall–Kier alpha value is -4.33. The number of carbonyl (C=O) groups is 1. The largest absolute Gasteiger partial charge is 0.326 e. The van der Waals surface area contributed by atoms with Gasteiger partial charge >= 0.3 is 0 Å². The van der Waals surface area contributed by atoms with Crippen molar-refractivity contribution >= 4 is 50.4 Å². The lowest BCUT2D eigenvalue weighted by Crippen LogP contribution is -2.15. The number of amides is 1. The fraction of sp³-hybridized carbons (Fsp3) is 0.125. The molecule has 0 aliphatic heterocycles. The minimum atomic E-state index is -0.476. The van der Waals surface area contributed by atoms with Gasteiger partial charge in [-0.05, 0) is 30.7 Å². The predicted molar refractivity (Wildman–Crippen MR) is 124 cm³/mol. The highest BCUT2D eigenvalue weighted by Gasteiger charge is 2.16. The molecule has 1 N–H and O–H groups in total. The van der Waals surface area contributed by atoms with Gasteiger partial charge in [0.15, 0.2) is 5.65 Å². The maximum atomic E-state index is 12.7. The number of nitrogens with zero attached hydrogens (tertiary/aromatic N) is 4. The van der Waals surface area contributed by atoms with Crippen molar-refractivity contribution in [1.29, 1.82) is 0 Å². The zero-order valence-electron chi connectivity index (χ0n) is 17.3. The Kier molecular flexibility index (Phi) is 4.74. The summed E-state index contributed by atoms with van der Waals surface area (Å²) in [6, 6.07) is 20.0. The number of non-ortho nitro benzene ring substituents is 1. The maximum Gasteiger partial charge on any atom is 0.271 e. The number of nitro benzene ring substituents is 1. The molecule has 0 unspecified atom stereocenters. The lowest BCUT2D eigenvalue weighted by molar-refractivity contribution is -0.384. The number of rotatable bonds is 5. The summed E-state index contributed by atoms with van der Waals surface area (Å²) in [5.41, 5.74) is 5.24. The van der Waals surface area contributed by atoms with Crippen molar-refractivity contribution in [2.45, 2.75) is 19.9 Å². The number of aromatic nitrogens is 3. The number of nitro groups is 1. The van der Waals surface area contributed by atoms with Crippen LogP contribution in [0.1, 0.15) is 12.0 Å². The van der Waals surface area contributed by atoms with Gasteiger partial charge in [-0.2, -0.15) is 0 Å². The van der Waals surface area contributed by atoms with Crippen LogP contribution in [0.25, 0.3) is 33.1 Å². The molecule has 5 rings (SSSR count). The number of fused-ring (bicyclic) bond motifs is 4. The molecule has 0 aliphatic carbocycles. The van der Waals surface area contributed by atoms with E-state index in [1.807, 2.05) is 53.1 Å². The molecule has 0 aliphatic rings. The number of aryl methyl sites for hydroxylation is 2. The van der Waals surface area contributed by atoms with Crippen molar-refractivity contribution in [3.8, 4) is 0 Å². The van der Waals surface area contributed by atoms with Gasteiger partial charge < -0.3 is 9.88 Å². The normalized spacial score (nSPS) is 11.3. The minimum absolute atomic E-state index is 0.0598. The Morgan fingerprint density at radius 2 is 1.75 bits per heavy atom. The van der Waals surface area contributed by atoms with E-state index < -0.39 is 4.92 Å². The number of hydrogen-bond donors (Lipinski definition) is 1. The molecule has 0 atom stereocenters. The second kappa shape index (κ2) is 7.73. The quantitative estimate of drug-likeness (QED) is 0.316. The first-order valence-corrected chi connectivity index (χ1v) is 10.2. The Bertz CT molecular complexity index is 1520. The molecule has 2 heterocycles. The van der Waals surface area contributed by atoms with E-state index in [1.165, 1.54) is 12.1 Å². The van der Waals surface area contributed by atoms with Crippen molar-refractivity contribution < 1.29 is 9.72 Å². The monoisotopic (exact) mass is 425 g/mol. The van der Waals surface area contributed by atoms with Gasteiger partial charge in [0.1, 0.15) is 5.52 Å². The molecular weight excluding hydrogens is 406 g/mol. The molecule has 5 aromatic rings. The lowest BCUT2D eigenvalue weighted by atomic mass is 10.1. The fourth-order valence-electron chi connectivity index (χ4n) is 3.89. The zero-order chi connectivity index (χ0) is 22.2. The van der Waals surface area contributed by atoms with Crippen LogP contribution in [-0.4, -0.2) is 25.4 Å². The van der Waals surface area contributed by atoms with Crippen molar-refractivity contribution in [2.75, 3.05) is 5.32 Å². The van der Waals surface area contributed by atoms with E-state index in [0.29, 0.717) is 12.2 Å². The zero-order valence-corrected chi connectivity index (χ0v) is 17.3. The molecule has 0 saturated carbocycles. The van der Waals surface area contributed by atoms with Crippen LogP contribution in [0.15, 0.2) is 66.7 Å². The number of para-hydroxylation sites is 3. The van der Waals surface area contributed by atoms with E-state index in [4.69, 9.17) is 9.97 Å². The van der Waals surface area contributed by atoms with Crippen molar-refractivity contribution in [1.82, 2.24) is 14.5 Å². The third-order valence-corrected chi connectivity index (χ3v) is 5.53. The molecule has 0 saturated heterocycles. The van der Waals surface area contributed by atoms with Crippen LogP contribution < -0.4 is 5.32 Å². The number of benzene rings is 3. The second-order valence-electron chi connectivity index (χ2n) is 7.61. The van der Waals surface area contributed by atoms with E-state index in [2.05, 4.69) is 5.32 Å². The Morgan fingerprint density at radius 1 is 1.03 bits per heavy atom. The van der Waals surface area contributed by atoms with Crippen LogP contribution in [0, 0.1) is 17.0 Å². The molecule has 1 amide bonds. The highest BCUT2D eigenvalue weighted by Crippen LogP contribution is 2.28. The number of hydrogen-bond acceptors (Lipinski definition) is 5. The van der Waals surface area contributed by atoms with Crippen LogP contribution in [-0.2, 0) is 11.3 Å². The molecule has 0 fully saturated rings. The summed E-state index contributed by atoms with van der Waals surface area (Å²) in [5, 5.41) is 14.8.